The smallest absolute Gasteiger partial charge is 0.237 e. The topological polar surface area (TPSA) is 61.8 Å². The SMILES string of the molecule is COc1ccccc1[C@H]1c2ccccc2CCN1C(=O)CNC[C@@H](C)O. The first-order chi connectivity index (χ1) is 12.6. The second kappa shape index (κ2) is 8.34. The largest absolute Gasteiger partial charge is 0.496 e. The Morgan fingerprint density at radius 1 is 1.23 bits per heavy atom. The molecule has 2 atom stereocenters. The third-order valence-corrected chi connectivity index (χ3v) is 4.75. The molecule has 1 amide bonds. The number of carbonyl (C=O) groups excluding carboxylic acids is 1. The van der Waals surface area contributed by atoms with Gasteiger partial charge in [-0.05, 0) is 30.5 Å². The maximum atomic E-state index is 12.9. The van der Waals surface area contributed by atoms with Gasteiger partial charge >= 0.3 is 0 Å². The average molecular weight is 354 g/mol. The van der Waals surface area contributed by atoms with Crippen LogP contribution in [-0.2, 0) is 11.2 Å². The van der Waals surface area contributed by atoms with Crippen LogP contribution in [0.15, 0.2) is 48.5 Å². The fourth-order valence-corrected chi connectivity index (χ4v) is 3.55. The van der Waals surface area contributed by atoms with Crippen LogP contribution in [0, 0.1) is 0 Å². The van der Waals surface area contributed by atoms with Crippen molar-refractivity contribution in [3.63, 3.8) is 0 Å². The van der Waals surface area contributed by atoms with Crippen LogP contribution in [0.25, 0.3) is 0 Å². The number of nitrogens with zero attached hydrogens (tertiary/aromatic N) is 1. The van der Waals surface area contributed by atoms with Gasteiger partial charge in [0.2, 0.25) is 5.91 Å². The molecule has 26 heavy (non-hydrogen) atoms. The summed E-state index contributed by atoms with van der Waals surface area (Å²) >= 11 is 0. The minimum absolute atomic E-state index is 0.0241. The lowest BCUT2D eigenvalue weighted by Crippen LogP contribution is -2.45. The summed E-state index contributed by atoms with van der Waals surface area (Å²) < 4.78 is 5.57. The fraction of sp³-hybridized carbons (Fsp3) is 0.381. The van der Waals surface area contributed by atoms with Gasteiger partial charge in [0.05, 0.1) is 25.8 Å². The molecular weight excluding hydrogens is 328 g/mol. The predicted octanol–water partition coefficient (Wildman–Crippen LogP) is 2.14. The minimum atomic E-state index is -0.477. The molecule has 2 N–H and O–H groups in total. The number of amides is 1. The Labute approximate surface area is 154 Å². The molecule has 0 radical (unpaired) electrons. The van der Waals surface area contributed by atoms with E-state index in [1.165, 1.54) is 5.56 Å². The molecule has 0 aliphatic carbocycles. The van der Waals surface area contributed by atoms with E-state index >= 15 is 0 Å². The number of aliphatic hydroxyl groups excluding tert-OH is 1. The second-order valence-corrected chi connectivity index (χ2v) is 6.66. The van der Waals surface area contributed by atoms with Crippen molar-refractivity contribution in [2.45, 2.75) is 25.5 Å². The van der Waals surface area contributed by atoms with E-state index in [1.807, 2.05) is 41.3 Å². The number of nitrogens with one attached hydrogen (secondary N) is 1. The van der Waals surface area contributed by atoms with Crippen LogP contribution in [-0.4, -0.2) is 48.8 Å². The van der Waals surface area contributed by atoms with Crippen LogP contribution in [0.5, 0.6) is 5.75 Å². The summed E-state index contributed by atoms with van der Waals surface area (Å²) in [5.74, 6) is 0.806. The van der Waals surface area contributed by atoms with E-state index in [4.69, 9.17) is 4.74 Å². The summed E-state index contributed by atoms with van der Waals surface area (Å²) in [7, 11) is 1.66. The molecule has 1 aliphatic heterocycles. The van der Waals surface area contributed by atoms with Gasteiger partial charge in [-0.15, -0.1) is 0 Å². The van der Waals surface area contributed by atoms with Crippen LogP contribution < -0.4 is 10.1 Å². The molecular formula is C21H26N2O3. The van der Waals surface area contributed by atoms with Crippen molar-refractivity contribution in [2.75, 3.05) is 26.7 Å². The number of rotatable bonds is 6. The third-order valence-electron chi connectivity index (χ3n) is 4.75. The van der Waals surface area contributed by atoms with E-state index in [9.17, 15) is 9.90 Å². The Hall–Kier alpha value is -2.37. The maximum absolute atomic E-state index is 12.9. The van der Waals surface area contributed by atoms with E-state index in [0.29, 0.717) is 13.1 Å². The van der Waals surface area contributed by atoms with Gasteiger partial charge in [-0.25, -0.2) is 0 Å². The zero-order chi connectivity index (χ0) is 18.5. The lowest BCUT2D eigenvalue weighted by atomic mass is 9.87. The molecule has 2 aromatic carbocycles. The fourth-order valence-electron chi connectivity index (χ4n) is 3.55. The normalized spacial score (nSPS) is 17.5. The van der Waals surface area contributed by atoms with E-state index in [1.54, 1.807) is 14.0 Å². The van der Waals surface area contributed by atoms with Crippen LogP contribution in [0.1, 0.15) is 29.7 Å². The Balaban J connectivity index is 1.95. The van der Waals surface area contributed by atoms with Crippen molar-refractivity contribution in [3.05, 3.63) is 65.2 Å². The van der Waals surface area contributed by atoms with E-state index < -0.39 is 6.10 Å². The first-order valence-electron chi connectivity index (χ1n) is 9.00. The second-order valence-electron chi connectivity index (χ2n) is 6.66. The molecule has 0 unspecified atom stereocenters. The van der Waals surface area contributed by atoms with Gasteiger partial charge in [-0.2, -0.15) is 0 Å². The van der Waals surface area contributed by atoms with Crippen LogP contribution >= 0.6 is 0 Å². The van der Waals surface area contributed by atoms with Gasteiger partial charge in [-0.1, -0.05) is 42.5 Å². The van der Waals surface area contributed by atoms with Crippen molar-refractivity contribution < 1.29 is 14.6 Å². The maximum Gasteiger partial charge on any atom is 0.237 e. The van der Waals surface area contributed by atoms with Crippen LogP contribution in [0.3, 0.4) is 0 Å². The molecule has 0 spiro atoms. The lowest BCUT2D eigenvalue weighted by molar-refractivity contribution is -0.132. The van der Waals surface area contributed by atoms with Crippen LogP contribution in [0.2, 0.25) is 0 Å². The Kier molecular flexibility index (Phi) is 5.91. The molecule has 0 fully saturated rings. The van der Waals surface area contributed by atoms with Crippen molar-refractivity contribution in [3.8, 4) is 5.75 Å². The molecule has 0 bridgehead atoms. The standard InChI is InChI=1S/C21H26N2O3/c1-15(24)13-22-14-20(25)23-12-11-16-7-3-4-8-17(16)21(23)18-9-5-6-10-19(18)26-2/h3-10,15,21-22,24H,11-14H2,1-2H3/t15-,21-/m1/s1. The highest BCUT2D eigenvalue weighted by Gasteiger charge is 2.33. The highest BCUT2D eigenvalue weighted by molar-refractivity contribution is 5.80. The Morgan fingerprint density at radius 3 is 2.65 bits per heavy atom. The molecule has 0 saturated heterocycles. The molecule has 5 nitrogen and oxygen atoms in total. The number of hydrogen-bond acceptors (Lipinski definition) is 4. The zero-order valence-electron chi connectivity index (χ0n) is 15.3. The highest BCUT2D eigenvalue weighted by atomic mass is 16.5. The predicted molar refractivity (Wildman–Crippen MR) is 101 cm³/mol. The van der Waals surface area contributed by atoms with Crippen molar-refractivity contribution >= 4 is 5.91 Å². The monoisotopic (exact) mass is 354 g/mol. The Bertz CT molecular complexity index is 760. The summed E-state index contributed by atoms with van der Waals surface area (Å²) in [6, 6.07) is 16.0. The molecule has 2 aromatic rings. The molecule has 1 aliphatic rings. The minimum Gasteiger partial charge on any atom is -0.496 e. The third kappa shape index (κ3) is 3.89. The summed E-state index contributed by atoms with van der Waals surface area (Å²) in [6.07, 6.45) is 0.360. The number of methoxy groups -OCH3 is 1. The number of para-hydroxylation sites is 1. The van der Waals surface area contributed by atoms with Gasteiger partial charge in [0, 0.05) is 18.7 Å². The number of fused-ring (bicyclic) bond motifs is 1. The quantitative estimate of drug-likeness (QED) is 0.834. The molecule has 1 heterocycles. The summed E-state index contributed by atoms with van der Waals surface area (Å²) in [5.41, 5.74) is 3.41. The summed E-state index contributed by atoms with van der Waals surface area (Å²) in [5, 5.41) is 12.4. The van der Waals surface area contributed by atoms with E-state index in [0.717, 1.165) is 23.3 Å². The zero-order valence-corrected chi connectivity index (χ0v) is 15.3. The summed E-state index contributed by atoms with van der Waals surface area (Å²) in [4.78, 5) is 14.8. The molecule has 3 rings (SSSR count). The Morgan fingerprint density at radius 2 is 1.92 bits per heavy atom. The van der Waals surface area contributed by atoms with Gasteiger partial charge < -0.3 is 20.1 Å². The molecule has 0 aromatic heterocycles. The van der Waals surface area contributed by atoms with Gasteiger partial charge in [-0.3, -0.25) is 4.79 Å². The van der Waals surface area contributed by atoms with Crippen molar-refractivity contribution in [1.82, 2.24) is 10.2 Å². The molecule has 138 valence electrons. The van der Waals surface area contributed by atoms with Gasteiger partial charge in [0.1, 0.15) is 5.75 Å². The number of aliphatic hydroxyl groups is 1. The van der Waals surface area contributed by atoms with E-state index in [2.05, 4.69) is 17.4 Å². The molecule has 5 heteroatoms. The number of benzene rings is 2. The van der Waals surface area contributed by atoms with E-state index in [-0.39, 0.29) is 18.5 Å². The molecule has 0 saturated carbocycles. The lowest BCUT2D eigenvalue weighted by Gasteiger charge is -2.38. The first-order valence-corrected chi connectivity index (χ1v) is 9.00. The number of carbonyl (C=O) groups is 1. The van der Waals surface area contributed by atoms with Crippen molar-refractivity contribution in [2.24, 2.45) is 0 Å². The highest BCUT2D eigenvalue weighted by Crippen LogP contribution is 2.39. The number of hydrogen-bond donors (Lipinski definition) is 2. The number of ether oxygens (including phenoxy) is 1. The van der Waals surface area contributed by atoms with Crippen molar-refractivity contribution in [1.29, 1.82) is 0 Å². The first kappa shape index (κ1) is 18.4. The van der Waals surface area contributed by atoms with Crippen LogP contribution in [0.4, 0.5) is 0 Å². The van der Waals surface area contributed by atoms with Gasteiger partial charge in [0.15, 0.2) is 0 Å². The average Bonchev–Trinajstić information content (AvgIpc) is 2.66. The summed E-state index contributed by atoms with van der Waals surface area (Å²) in [6.45, 7) is 2.97. The van der Waals surface area contributed by atoms with Gasteiger partial charge in [0.25, 0.3) is 0 Å².